The number of thiophene rings is 1. The molecule has 0 radical (unpaired) electrons. The van der Waals surface area contributed by atoms with Crippen molar-refractivity contribution in [1.29, 1.82) is 0 Å². The Labute approximate surface area is 120 Å². The van der Waals surface area contributed by atoms with Crippen LogP contribution in [0.2, 0.25) is 0 Å². The standard InChI is InChI=1S/C13H18BrNO2S/c1-17-13(16)8-10-4-2-3-7-15(10)9-11-5-6-12(14)18-11/h5-6,10H,2-4,7-9H2,1H3. The fourth-order valence-corrected chi connectivity index (χ4v) is 3.92. The van der Waals surface area contributed by atoms with Crippen LogP contribution in [0, 0.1) is 0 Å². The summed E-state index contributed by atoms with van der Waals surface area (Å²) < 4.78 is 5.95. The van der Waals surface area contributed by atoms with Crippen molar-refractivity contribution < 1.29 is 9.53 Å². The van der Waals surface area contributed by atoms with E-state index in [-0.39, 0.29) is 5.97 Å². The molecule has 18 heavy (non-hydrogen) atoms. The maximum absolute atomic E-state index is 11.4. The minimum absolute atomic E-state index is 0.0979. The number of carbonyl (C=O) groups excluding carboxylic acids is 1. The van der Waals surface area contributed by atoms with Gasteiger partial charge in [0.15, 0.2) is 0 Å². The van der Waals surface area contributed by atoms with Crippen LogP contribution in [-0.2, 0) is 16.1 Å². The van der Waals surface area contributed by atoms with E-state index in [2.05, 4.69) is 33.0 Å². The first kappa shape index (κ1) is 14.0. The number of rotatable bonds is 4. The Morgan fingerprint density at radius 3 is 3.06 bits per heavy atom. The third-order valence-electron chi connectivity index (χ3n) is 3.37. The van der Waals surface area contributed by atoms with Gasteiger partial charge >= 0.3 is 5.97 Å². The Kier molecular flexibility index (Phi) is 5.21. The van der Waals surface area contributed by atoms with Crippen LogP contribution in [0.15, 0.2) is 15.9 Å². The molecular weight excluding hydrogens is 314 g/mol. The molecule has 0 bridgehead atoms. The summed E-state index contributed by atoms with van der Waals surface area (Å²) in [6.07, 6.45) is 4.06. The summed E-state index contributed by atoms with van der Waals surface area (Å²) >= 11 is 5.26. The number of hydrogen-bond donors (Lipinski definition) is 0. The van der Waals surface area contributed by atoms with Crippen LogP contribution in [0.3, 0.4) is 0 Å². The first-order valence-electron chi connectivity index (χ1n) is 6.24. The number of ether oxygens (including phenoxy) is 1. The van der Waals surface area contributed by atoms with Crippen LogP contribution in [0.5, 0.6) is 0 Å². The number of likely N-dealkylation sites (tertiary alicyclic amines) is 1. The summed E-state index contributed by atoms with van der Waals surface area (Å²) in [5.41, 5.74) is 0. The molecule has 1 saturated heterocycles. The first-order valence-corrected chi connectivity index (χ1v) is 7.85. The van der Waals surface area contributed by atoms with E-state index in [4.69, 9.17) is 4.74 Å². The lowest BCUT2D eigenvalue weighted by molar-refractivity contribution is -0.142. The van der Waals surface area contributed by atoms with E-state index in [1.165, 1.54) is 28.6 Å². The van der Waals surface area contributed by atoms with Crippen molar-refractivity contribution in [2.75, 3.05) is 13.7 Å². The van der Waals surface area contributed by atoms with Gasteiger partial charge in [-0.05, 0) is 47.4 Å². The number of esters is 1. The Bertz CT molecular complexity index is 407. The molecule has 1 aliphatic heterocycles. The molecule has 0 N–H and O–H groups in total. The van der Waals surface area contributed by atoms with Crippen LogP contribution in [-0.4, -0.2) is 30.6 Å². The summed E-state index contributed by atoms with van der Waals surface area (Å²) in [5, 5.41) is 0. The molecule has 1 atom stereocenters. The Hall–Kier alpha value is -0.390. The molecule has 0 aromatic carbocycles. The SMILES string of the molecule is COC(=O)CC1CCCCN1Cc1ccc(Br)s1. The summed E-state index contributed by atoms with van der Waals surface area (Å²) in [7, 11) is 1.46. The Balaban J connectivity index is 1.96. The Morgan fingerprint density at radius 1 is 1.56 bits per heavy atom. The van der Waals surface area contributed by atoms with Gasteiger partial charge in [0.1, 0.15) is 0 Å². The highest BCUT2D eigenvalue weighted by Crippen LogP contribution is 2.27. The maximum Gasteiger partial charge on any atom is 0.307 e. The van der Waals surface area contributed by atoms with Crippen LogP contribution < -0.4 is 0 Å². The lowest BCUT2D eigenvalue weighted by Crippen LogP contribution is -2.40. The van der Waals surface area contributed by atoms with Crippen molar-refractivity contribution in [1.82, 2.24) is 4.90 Å². The average molecular weight is 332 g/mol. The molecule has 0 saturated carbocycles. The molecule has 1 aromatic rings. The molecule has 1 unspecified atom stereocenters. The van der Waals surface area contributed by atoms with Gasteiger partial charge in [0, 0.05) is 17.5 Å². The highest BCUT2D eigenvalue weighted by Gasteiger charge is 2.25. The smallest absolute Gasteiger partial charge is 0.307 e. The quantitative estimate of drug-likeness (QED) is 0.791. The molecule has 1 fully saturated rings. The number of nitrogens with zero attached hydrogens (tertiary/aromatic N) is 1. The molecule has 0 amide bonds. The molecule has 100 valence electrons. The summed E-state index contributed by atoms with van der Waals surface area (Å²) in [4.78, 5) is 15.2. The van der Waals surface area contributed by atoms with E-state index in [0.29, 0.717) is 12.5 Å². The second-order valence-electron chi connectivity index (χ2n) is 4.61. The van der Waals surface area contributed by atoms with Crippen LogP contribution in [0.4, 0.5) is 0 Å². The summed E-state index contributed by atoms with van der Waals surface area (Å²) in [5.74, 6) is -0.0979. The number of carbonyl (C=O) groups is 1. The van der Waals surface area contributed by atoms with Gasteiger partial charge in [0.05, 0.1) is 17.3 Å². The van der Waals surface area contributed by atoms with Gasteiger partial charge in [0.25, 0.3) is 0 Å². The van der Waals surface area contributed by atoms with E-state index in [1.807, 2.05) is 0 Å². The molecule has 0 aliphatic carbocycles. The second kappa shape index (κ2) is 6.68. The van der Waals surface area contributed by atoms with Crippen molar-refractivity contribution in [2.45, 2.75) is 38.3 Å². The van der Waals surface area contributed by atoms with E-state index in [0.717, 1.165) is 19.5 Å². The van der Waals surface area contributed by atoms with Crippen LogP contribution in [0.1, 0.15) is 30.6 Å². The zero-order valence-electron chi connectivity index (χ0n) is 10.5. The van der Waals surface area contributed by atoms with Crippen LogP contribution >= 0.6 is 27.3 Å². The molecule has 3 nitrogen and oxygen atoms in total. The van der Waals surface area contributed by atoms with Gasteiger partial charge in [0.2, 0.25) is 0 Å². The molecule has 0 spiro atoms. The van der Waals surface area contributed by atoms with Crippen molar-refractivity contribution in [2.24, 2.45) is 0 Å². The van der Waals surface area contributed by atoms with Gasteiger partial charge in [-0.25, -0.2) is 0 Å². The Morgan fingerprint density at radius 2 is 2.39 bits per heavy atom. The first-order chi connectivity index (χ1) is 8.69. The summed E-state index contributed by atoms with van der Waals surface area (Å²) in [6.45, 7) is 2.02. The lowest BCUT2D eigenvalue weighted by Gasteiger charge is -2.34. The predicted molar refractivity (Wildman–Crippen MR) is 76.7 cm³/mol. The normalized spacial score (nSPS) is 20.9. The molecule has 1 aromatic heterocycles. The van der Waals surface area contributed by atoms with Gasteiger partial charge in [-0.2, -0.15) is 0 Å². The number of methoxy groups -OCH3 is 1. The highest BCUT2D eigenvalue weighted by atomic mass is 79.9. The number of piperidine rings is 1. The molecule has 2 heterocycles. The van der Waals surface area contributed by atoms with Gasteiger partial charge in [-0.15, -0.1) is 11.3 Å². The van der Waals surface area contributed by atoms with E-state index >= 15 is 0 Å². The third kappa shape index (κ3) is 3.80. The molecule has 5 heteroatoms. The molecule has 2 rings (SSSR count). The zero-order chi connectivity index (χ0) is 13.0. The fourth-order valence-electron chi connectivity index (χ4n) is 2.41. The van der Waals surface area contributed by atoms with Crippen molar-refractivity contribution in [3.05, 3.63) is 20.8 Å². The minimum atomic E-state index is -0.0979. The summed E-state index contributed by atoms with van der Waals surface area (Å²) in [6, 6.07) is 4.57. The third-order valence-corrected chi connectivity index (χ3v) is 4.98. The van der Waals surface area contributed by atoms with Crippen molar-refractivity contribution >= 4 is 33.2 Å². The highest BCUT2D eigenvalue weighted by molar-refractivity contribution is 9.11. The van der Waals surface area contributed by atoms with Gasteiger partial charge in [-0.1, -0.05) is 6.42 Å². The molecule has 1 aliphatic rings. The van der Waals surface area contributed by atoms with E-state index < -0.39 is 0 Å². The van der Waals surface area contributed by atoms with Crippen molar-refractivity contribution in [3.8, 4) is 0 Å². The van der Waals surface area contributed by atoms with Crippen molar-refractivity contribution in [3.63, 3.8) is 0 Å². The van der Waals surface area contributed by atoms with Crippen LogP contribution in [0.25, 0.3) is 0 Å². The number of halogens is 1. The predicted octanol–water partition coefficient (Wildman–Crippen LogP) is 3.43. The minimum Gasteiger partial charge on any atom is -0.469 e. The monoisotopic (exact) mass is 331 g/mol. The lowest BCUT2D eigenvalue weighted by atomic mass is 9.99. The maximum atomic E-state index is 11.4. The molecular formula is C13H18BrNO2S. The fraction of sp³-hybridized carbons (Fsp3) is 0.615. The largest absolute Gasteiger partial charge is 0.469 e. The van der Waals surface area contributed by atoms with Gasteiger partial charge < -0.3 is 4.74 Å². The second-order valence-corrected chi connectivity index (χ2v) is 7.15. The number of hydrogen-bond acceptors (Lipinski definition) is 4. The van der Waals surface area contributed by atoms with E-state index in [9.17, 15) is 4.79 Å². The van der Waals surface area contributed by atoms with Gasteiger partial charge in [-0.3, -0.25) is 9.69 Å². The topological polar surface area (TPSA) is 29.5 Å². The average Bonchev–Trinajstić information content (AvgIpc) is 2.77. The van der Waals surface area contributed by atoms with E-state index in [1.54, 1.807) is 11.3 Å². The zero-order valence-corrected chi connectivity index (χ0v) is 12.9.